The molecule has 0 heterocycles. The van der Waals surface area contributed by atoms with Gasteiger partial charge in [0.15, 0.2) is 0 Å². The lowest BCUT2D eigenvalue weighted by Crippen LogP contribution is -2.26. The molecule has 2 aliphatic carbocycles. The zero-order valence-corrected chi connectivity index (χ0v) is 30.7. The molecule has 1 atom stereocenters. The van der Waals surface area contributed by atoms with Gasteiger partial charge in [-0.15, -0.1) is 0 Å². The van der Waals surface area contributed by atoms with Crippen LogP contribution in [0.4, 0.5) is 17.1 Å². The van der Waals surface area contributed by atoms with Crippen LogP contribution in [-0.4, -0.2) is 0 Å². The third kappa shape index (κ3) is 4.20. The zero-order chi connectivity index (χ0) is 36.8. The van der Waals surface area contributed by atoms with Gasteiger partial charge in [-0.1, -0.05) is 170 Å². The third-order valence-electron chi connectivity index (χ3n) is 12.4. The molecule has 0 amide bonds. The van der Waals surface area contributed by atoms with E-state index in [0.717, 1.165) is 11.4 Å². The number of fused-ring (bicyclic) bond motifs is 16. The van der Waals surface area contributed by atoms with Gasteiger partial charge in [0.1, 0.15) is 0 Å². The van der Waals surface area contributed by atoms with Gasteiger partial charge < -0.3 is 4.90 Å². The predicted molar refractivity (Wildman–Crippen MR) is 235 cm³/mol. The number of hydrogen-bond acceptors (Lipinski definition) is 1. The topological polar surface area (TPSA) is 3.24 Å². The summed E-state index contributed by atoms with van der Waals surface area (Å²) in [7, 11) is 0. The second kappa shape index (κ2) is 11.9. The Kier molecular flexibility index (Phi) is 6.62. The van der Waals surface area contributed by atoms with Crippen molar-refractivity contribution in [2.75, 3.05) is 4.90 Å². The Morgan fingerprint density at radius 2 is 0.768 bits per heavy atom. The van der Waals surface area contributed by atoms with Crippen molar-refractivity contribution in [3.8, 4) is 33.4 Å². The molecule has 0 radical (unpaired) electrons. The van der Waals surface area contributed by atoms with E-state index in [1.165, 1.54) is 93.6 Å². The van der Waals surface area contributed by atoms with Crippen LogP contribution >= 0.6 is 0 Å². The van der Waals surface area contributed by atoms with Gasteiger partial charge in [0, 0.05) is 16.9 Å². The Labute approximate surface area is 326 Å². The molecular formula is C55H35N. The average molecular weight is 710 g/mol. The van der Waals surface area contributed by atoms with Crippen LogP contribution in [0.15, 0.2) is 212 Å². The fraction of sp³-hybridized carbons (Fsp3) is 0.0182. The molecule has 0 saturated carbocycles. The molecular weight excluding hydrogens is 675 g/mol. The SMILES string of the molecule is c1ccc(-c2ccc(N(c3ccccc3)c3cccc4c3-c3ccccc3C43c4ccccc4-c4cc5c6ccccc6c6ccccc6c5cc43)cc2)cc1. The molecule has 1 spiro atoms. The van der Waals surface area contributed by atoms with Gasteiger partial charge in [-0.05, 0) is 125 Å². The van der Waals surface area contributed by atoms with Gasteiger partial charge in [-0.3, -0.25) is 0 Å². The number of rotatable bonds is 4. The van der Waals surface area contributed by atoms with Crippen molar-refractivity contribution in [1.82, 2.24) is 0 Å². The maximum Gasteiger partial charge on any atom is 0.0726 e. The Hall–Kier alpha value is -7.22. The van der Waals surface area contributed by atoms with Crippen molar-refractivity contribution < 1.29 is 0 Å². The van der Waals surface area contributed by atoms with E-state index < -0.39 is 5.41 Å². The summed E-state index contributed by atoms with van der Waals surface area (Å²) >= 11 is 0. The molecule has 260 valence electrons. The van der Waals surface area contributed by atoms with Gasteiger partial charge in [-0.25, -0.2) is 0 Å². The lowest BCUT2D eigenvalue weighted by Gasteiger charge is -2.32. The zero-order valence-electron chi connectivity index (χ0n) is 30.7. The van der Waals surface area contributed by atoms with Crippen molar-refractivity contribution in [3.63, 3.8) is 0 Å². The highest BCUT2D eigenvalue weighted by Crippen LogP contribution is 2.65. The normalized spacial score (nSPS) is 14.9. The van der Waals surface area contributed by atoms with Gasteiger partial charge >= 0.3 is 0 Å². The number of hydrogen-bond donors (Lipinski definition) is 0. The van der Waals surface area contributed by atoms with Gasteiger partial charge in [0.05, 0.1) is 11.1 Å². The first-order valence-corrected chi connectivity index (χ1v) is 19.5. The summed E-state index contributed by atoms with van der Waals surface area (Å²) in [5.41, 5.74) is 15.9. The van der Waals surface area contributed by atoms with E-state index in [-0.39, 0.29) is 0 Å². The molecule has 1 nitrogen and oxygen atoms in total. The van der Waals surface area contributed by atoms with Crippen LogP contribution < -0.4 is 4.90 Å². The number of nitrogens with zero attached hydrogens (tertiary/aromatic N) is 1. The largest absolute Gasteiger partial charge is 0.310 e. The smallest absolute Gasteiger partial charge is 0.0726 e. The molecule has 0 aromatic heterocycles. The summed E-state index contributed by atoms with van der Waals surface area (Å²) in [6.45, 7) is 0. The first kappa shape index (κ1) is 31.2. The summed E-state index contributed by atoms with van der Waals surface area (Å²) in [6.07, 6.45) is 0. The second-order valence-corrected chi connectivity index (χ2v) is 15.2. The Bertz CT molecular complexity index is 3180. The second-order valence-electron chi connectivity index (χ2n) is 15.2. The van der Waals surface area contributed by atoms with Crippen LogP contribution in [0.3, 0.4) is 0 Å². The minimum absolute atomic E-state index is 0.492. The molecule has 0 saturated heterocycles. The fourth-order valence-electron chi connectivity index (χ4n) is 10.2. The summed E-state index contributed by atoms with van der Waals surface area (Å²) in [6, 6.07) is 78.7. The molecule has 10 aromatic carbocycles. The maximum atomic E-state index is 2.55. The molecule has 0 fully saturated rings. The van der Waals surface area contributed by atoms with E-state index in [2.05, 4.69) is 217 Å². The molecule has 0 N–H and O–H groups in total. The van der Waals surface area contributed by atoms with Gasteiger partial charge in [0.2, 0.25) is 0 Å². The van der Waals surface area contributed by atoms with Crippen LogP contribution in [0, 0.1) is 0 Å². The monoisotopic (exact) mass is 709 g/mol. The number of anilines is 3. The van der Waals surface area contributed by atoms with Crippen molar-refractivity contribution >= 4 is 49.4 Å². The van der Waals surface area contributed by atoms with E-state index in [4.69, 9.17) is 0 Å². The van der Waals surface area contributed by atoms with Crippen molar-refractivity contribution in [2.45, 2.75) is 5.41 Å². The maximum absolute atomic E-state index is 2.55. The van der Waals surface area contributed by atoms with Gasteiger partial charge in [-0.2, -0.15) is 0 Å². The van der Waals surface area contributed by atoms with Crippen molar-refractivity contribution in [3.05, 3.63) is 235 Å². The molecule has 1 unspecified atom stereocenters. The average Bonchev–Trinajstić information content (AvgIpc) is 3.74. The molecule has 0 aliphatic heterocycles. The highest BCUT2D eigenvalue weighted by Gasteiger charge is 2.52. The quantitative estimate of drug-likeness (QED) is 0.164. The lowest BCUT2D eigenvalue weighted by molar-refractivity contribution is 0.795. The number of para-hydroxylation sites is 1. The van der Waals surface area contributed by atoms with E-state index in [9.17, 15) is 0 Å². The highest BCUT2D eigenvalue weighted by molar-refractivity contribution is 6.26. The minimum Gasteiger partial charge on any atom is -0.310 e. The van der Waals surface area contributed by atoms with Crippen LogP contribution in [-0.2, 0) is 5.41 Å². The summed E-state index contributed by atoms with van der Waals surface area (Å²) < 4.78 is 0. The molecule has 12 rings (SSSR count). The predicted octanol–water partition coefficient (Wildman–Crippen LogP) is 14.6. The van der Waals surface area contributed by atoms with Crippen LogP contribution in [0.5, 0.6) is 0 Å². The lowest BCUT2D eigenvalue weighted by atomic mass is 9.70. The highest BCUT2D eigenvalue weighted by atomic mass is 15.1. The van der Waals surface area contributed by atoms with E-state index >= 15 is 0 Å². The van der Waals surface area contributed by atoms with Crippen LogP contribution in [0.2, 0.25) is 0 Å². The Morgan fingerprint density at radius 3 is 1.45 bits per heavy atom. The molecule has 10 aromatic rings. The Morgan fingerprint density at radius 1 is 0.286 bits per heavy atom. The number of benzene rings is 10. The van der Waals surface area contributed by atoms with Crippen LogP contribution in [0.1, 0.15) is 22.3 Å². The van der Waals surface area contributed by atoms with Gasteiger partial charge in [0.25, 0.3) is 0 Å². The third-order valence-corrected chi connectivity index (χ3v) is 12.4. The Balaban J connectivity index is 1.16. The molecule has 56 heavy (non-hydrogen) atoms. The molecule has 1 heteroatoms. The first-order chi connectivity index (χ1) is 27.8. The first-order valence-electron chi connectivity index (χ1n) is 19.5. The van der Waals surface area contributed by atoms with Crippen molar-refractivity contribution in [1.29, 1.82) is 0 Å². The van der Waals surface area contributed by atoms with E-state index in [1.807, 2.05) is 0 Å². The molecule has 2 aliphatic rings. The van der Waals surface area contributed by atoms with Crippen LogP contribution in [0.25, 0.3) is 65.7 Å². The summed E-state index contributed by atoms with van der Waals surface area (Å²) in [5.74, 6) is 0. The molecule has 0 bridgehead atoms. The fourth-order valence-corrected chi connectivity index (χ4v) is 10.2. The summed E-state index contributed by atoms with van der Waals surface area (Å²) in [4.78, 5) is 2.45. The van der Waals surface area contributed by atoms with E-state index in [0.29, 0.717) is 0 Å². The van der Waals surface area contributed by atoms with E-state index in [1.54, 1.807) is 0 Å². The summed E-state index contributed by atoms with van der Waals surface area (Å²) in [5, 5.41) is 7.80. The standard InChI is InChI=1S/C55H35N/c1-3-16-36(17-4-1)37-30-32-39(33-31-37)56(38-18-5-2-6-19-38)53-29-15-28-51-54(53)45-25-12-14-27-50(45)55(51)49-26-13-11-24-44(49)48-34-46-42-22-9-7-20-40(42)41-21-8-10-23-43(41)47(46)35-52(48)55/h1-35H. The van der Waals surface area contributed by atoms with Crippen molar-refractivity contribution in [2.24, 2.45) is 0 Å². The minimum atomic E-state index is -0.492.